The molecule has 1 saturated heterocycles. The number of para-hydroxylation sites is 1. The molecule has 2 amide bonds. The molecular formula is C34H36N6O2S. The molecule has 2 aromatic heterocycles. The Labute approximate surface area is 256 Å². The maximum absolute atomic E-state index is 13.0. The van der Waals surface area contributed by atoms with E-state index in [1.54, 1.807) is 0 Å². The molecule has 0 bridgehead atoms. The highest BCUT2D eigenvalue weighted by molar-refractivity contribution is 7.99. The molecule has 1 aliphatic heterocycles. The van der Waals surface area contributed by atoms with Gasteiger partial charge in [0.2, 0.25) is 11.1 Å². The highest BCUT2D eigenvalue weighted by atomic mass is 32.2. The number of amides is 2. The van der Waals surface area contributed by atoms with Crippen molar-refractivity contribution in [3.63, 3.8) is 0 Å². The molecule has 1 fully saturated rings. The van der Waals surface area contributed by atoms with Crippen molar-refractivity contribution in [2.45, 2.75) is 51.4 Å². The second-order valence-electron chi connectivity index (χ2n) is 11.3. The first kappa shape index (κ1) is 28.9. The zero-order valence-corrected chi connectivity index (χ0v) is 25.7. The van der Waals surface area contributed by atoms with Gasteiger partial charge in [0, 0.05) is 55.3 Å². The number of hydrogen-bond donors (Lipinski definition) is 0. The van der Waals surface area contributed by atoms with Gasteiger partial charge in [-0.25, -0.2) is 4.98 Å². The van der Waals surface area contributed by atoms with Crippen molar-refractivity contribution in [2.24, 2.45) is 0 Å². The quantitative estimate of drug-likeness (QED) is 0.165. The lowest BCUT2D eigenvalue weighted by Gasteiger charge is -2.40. The van der Waals surface area contributed by atoms with Crippen molar-refractivity contribution in [1.29, 1.82) is 0 Å². The summed E-state index contributed by atoms with van der Waals surface area (Å²) in [5.74, 6) is 0.875. The number of carbonyl (C=O) groups excluding carboxylic acids is 2. The van der Waals surface area contributed by atoms with E-state index in [-0.39, 0.29) is 17.9 Å². The number of carbonyl (C=O) groups is 2. The lowest BCUT2D eigenvalue weighted by Crippen LogP contribution is -2.55. The van der Waals surface area contributed by atoms with E-state index in [9.17, 15) is 9.59 Å². The van der Waals surface area contributed by atoms with Gasteiger partial charge in [-0.1, -0.05) is 71.9 Å². The van der Waals surface area contributed by atoms with E-state index in [0.29, 0.717) is 49.7 Å². The summed E-state index contributed by atoms with van der Waals surface area (Å²) in [6, 6.07) is 24.3. The van der Waals surface area contributed by atoms with E-state index in [0.717, 1.165) is 33.4 Å². The molecule has 0 aliphatic carbocycles. The Morgan fingerprint density at radius 1 is 0.930 bits per heavy atom. The molecule has 0 radical (unpaired) electrons. The van der Waals surface area contributed by atoms with Crippen molar-refractivity contribution >= 4 is 45.6 Å². The van der Waals surface area contributed by atoms with E-state index in [2.05, 4.69) is 58.1 Å². The molecule has 9 heteroatoms. The van der Waals surface area contributed by atoms with E-state index in [1.807, 2.05) is 60.0 Å². The second-order valence-corrected chi connectivity index (χ2v) is 12.4. The van der Waals surface area contributed by atoms with Crippen LogP contribution >= 0.6 is 11.8 Å². The molecule has 0 saturated carbocycles. The van der Waals surface area contributed by atoms with Crippen molar-refractivity contribution in [3.05, 3.63) is 95.1 Å². The predicted molar refractivity (Wildman–Crippen MR) is 171 cm³/mol. The first-order valence-electron chi connectivity index (χ1n) is 14.8. The topological polar surface area (TPSA) is 84.2 Å². The van der Waals surface area contributed by atoms with Crippen molar-refractivity contribution < 1.29 is 9.59 Å². The standard InChI is InChI=1S/C34H36N6O2S/c1-23-14-16-26(17-15-23)33(42)39-19-18-38(21-25(39)3)30(41)13-8-20-43-34-35-32-31(36-37-34)28-11-6-7-12-29(28)40(32)22-27-10-5-4-9-24(27)2/h4-7,9-12,14-17,25H,8,13,18-22H2,1-3H3. The number of aromatic nitrogens is 4. The molecule has 3 heterocycles. The second kappa shape index (κ2) is 12.6. The average Bonchev–Trinajstić information content (AvgIpc) is 3.33. The molecule has 1 atom stereocenters. The SMILES string of the molecule is Cc1ccc(C(=O)N2CCN(C(=O)CCCSc3nnc4c5ccccc5n(Cc5ccccc5C)c4n3)CC2C)cc1. The third-order valence-corrected chi connectivity index (χ3v) is 9.17. The Morgan fingerprint density at radius 2 is 1.70 bits per heavy atom. The summed E-state index contributed by atoms with van der Waals surface area (Å²) in [6.45, 7) is 8.52. The van der Waals surface area contributed by atoms with Gasteiger partial charge >= 0.3 is 0 Å². The Morgan fingerprint density at radius 3 is 2.49 bits per heavy atom. The molecule has 1 unspecified atom stereocenters. The lowest BCUT2D eigenvalue weighted by atomic mass is 10.1. The van der Waals surface area contributed by atoms with Gasteiger partial charge in [0.15, 0.2) is 5.65 Å². The minimum absolute atomic E-state index is 0.0273. The summed E-state index contributed by atoms with van der Waals surface area (Å²) in [5.41, 5.74) is 7.02. The van der Waals surface area contributed by atoms with Crippen LogP contribution in [-0.2, 0) is 11.3 Å². The number of hydrogen-bond acceptors (Lipinski definition) is 6. The molecule has 0 spiro atoms. The highest BCUT2D eigenvalue weighted by Crippen LogP contribution is 2.29. The predicted octanol–water partition coefficient (Wildman–Crippen LogP) is 5.89. The number of benzene rings is 3. The van der Waals surface area contributed by atoms with Gasteiger partial charge in [-0.3, -0.25) is 9.59 Å². The summed E-state index contributed by atoms with van der Waals surface area (Å²) < 4.78 is 2.22. The van der Waals surface area contributed by atoms with Crippen LogP contribution in [0.5, 0.6) is 0 Å². The average molecular weight is 593 g/mol. The Hall–Kier alpha value is -4.24. The van der Waals surface area contributed by atoms with E-state index in [1.165, 1.54) is 22.9 Å². The lowest BCUT2D eigenvalue weighted by molar-refractivity contribution is -0.133. The molecule has 0 N–H and O–H groups in total. The summed E-state index contributed by atoms with van der Waals surface area (Å²) in [4.78, 5) is 34.7. The van der Waals surface area contributed by atoms with Crippen molar-refractivity contribution in [3.8, 4) is 0 Å². The minimum Gasteiger partial charge on any atom is -0.339 e. The van der Waals surface area contributed by atoms with Crippen LogP contribution in [0.3, 0.4) is 0 Å². The summed E-state index contributed by atoms with van der Waals surface area (Å²) in [7, 11) is 0. The van der Waals surface area contributed by atoms with Gasteiger partial charge in [-0.15, -0.1) is 10.2 Å². The number of nitrogens with zero attached hydrogens (tertiary/aromatic N) is 6. The van der Waals surface area contributed by atoms with Gasteiger partial charge in [-0.2, -0.15) is 0 Å². The van der Waals surface area contributed by atoms with Gasteiger partial charge in [-0.05, 0) is 56.5 Å². The molecule has 6 rings (SSSR count). The molecule has 5 aromatic rings. The van der Waals surface area contributed by atoms with Crippen LogP contribution in [0.4, 0.5) is 0 Å². The normalized spacial score (nSPS) is 15.4. The fourth-order valence-electron chi connectivity index (χ4n) is 5.76. The summed E-state index contributed by atoms with van der Waals surface area (Å²) in [5, 5.41) is 10.7. The molecule has 43 heavy (non-hydrogen) atoms. The Kier molecular flexibility index (Phi) is 8.42. The third-order valence-electron chi connectivity index (χ3n) is 8.25. The third kappa shape index (κ3) is 6.13. The Balaban J connectivity index is 1.06. The fraction of sp³-hybridized carbons (Fsp3) is 0.324. The number of rotatable bonds is 8. The minimum atomic E-state index is -0.0292. The van der Waals surface area contributed by atoms with Crippen LogP contribution < -0.4 is 0 Å². The van der Waals surface area contributed by atoms with Crippen LogP contribution in [0, 0.1) is 13.8 Å². The van der Waals surface area contributed by atoms with Gasteiger partial charge in [0.25, 0.3) is 5.91 Å². The van der Waals surface area contributed by atoms with Gasteiger partial charge in [0.05, 0.1) is 5.52 Å². The van der Waals surface area contributed by atoms with E-state index < -0.39 is 0 Å². The monoisotopic (exact) mass is 592 g/mol. The van der Waals surface area contributed by atoms with Crippen LogP contribution in [0.15, 0.2) is 78.0 Å². The summed E-state index contributed by atoms with van der Waals surface area (Å²) >= 11 is 1.53. The fourth-order valence-corrected chi connectivity index (χ4v) is 6.48. The van der Waals surface area contributed by atoms with Crippen molar-refractivity contribution in [2.75, 3.05) is 25.4 Å². The van der Waals surface area contributed by atoms with Crippen LogP contribution in [0.2, 0.25) is 0 Å². The maximum atomic E-state index is 13.0. The van der Waals surface area contributed by atoms with Crippen LogP contribution in [0.25, 0.3) is 22.1 Å². The molecule has 3 aromatic carbocycles. The summed E-state index contributed by atoms with van der Waals surface area (Å²) in [6.07, 6.45) is 1.17. The number of aryl methyl sites for hydroxylation is 2. The zero-order chi connectivity index (χ0) is 29.9. The van der Waals surface area contributed by atoms with Crippen LogP contribution in [-0.4, -0.2) is 72.8 Å². The van der Waals surface area contributed by atoms with Crippen molar-refractivity contribution in [1.82, 2.24) is 29.5 Å². The number of thioether (sulfide) groups is 1. The smallest absolute Gasteiger partial charge is 0.254 e. The highest BCUT2D eigenvalue weighted by Gasteiger charge is 2.30. The number of piperazine rings is 1. The zero-order valence-electron chi connectivity index (χ0n) is 24.9. The number of fused-ring (bicyclic) bond motifs is 3. The molecule has 8 nitrogen and oxygen atoms in total. The van der Waals surface area contributed by atoms with Gasteiger partial charge in [0.1, 0.15) is 5.52 Å². The van der Waals surface area contributed by atoms with Gasteiger partial charge < -0.3 is 14.4 Å². The molecule has 1 aliphatic rings. The Bertz CT molecular complexity index is 1780. The van der Waals surface area contributed by atoms with Crippen LogP contribution in [0.1, 0.15) is 46.8 Å². The van der Waals surface area contributed by atoms with E-state index >= 15 is 0 Å². The molecular weight excluding hydrogens is 556 g/mol. The first-order chi connectivity index (χ1) is 20.9. The maximum Gasteiger partial charge on any atom is 0.254 e. The first-order valence-corrected chi connectivity index (χ1v) is 15.8. The molecule has 220 valence electrons. The van der Waals surface area contributed by atoms with E-state index in [4.69, 9.17) is 4.98 Å². The largest absolute Gasteiger partial charge is 0.339 e.